The van der Waals surface area contributed by atoms with Gasteiger partial charge in [-0.05, 0) is 27.4 Å². The van der Waals surface area contributed by atoms with Gasteiger partial charge in [0.1, 0.15) is 5.38 Å². The highest BCUT2D eigenvalue weighted by Crippen LogP contribution is 2.33. The number of likely N-dealkylation sites (N-methyl/N-ethyl adjacent to an activating group) is 1. The second kappa shape index (κ2) is 4.44. The lowest BCUT2D eigenvalue weighted by molar-refractivity contribution is -0.128. The van der Waals surface area contributed by atoms with Crippen LogP contribution in [-0.4, -0.2) is 24.9 Å². The smallest absolute Gasteiger partial charge is 0.245 e. The van der Waals surface area contributed by atoms with Crippen LogP contribution in [0.4, 0.5) is 0 Å². The van der Waals surface area contributed by atoms with Gasteiger partial charge in [0.2, 0.25) is 5.91 Å². The van der Waals surface area contributed by atoms with E-state index in [1.54, 1.807) is 14.1 Å². The van der Waals surface area contributed by atoms with Crippen molar-refractivity contribution in [1.29, 1.82) is 0 Å². The molecule has 1 heterocycles. The third-order valence-electron chi connectivity index (χ3n) is 1.53. The third kappa shape index (κ3) is 2.45. The van der Waals surface area contributed by atoms with Crippen molar-refractivity contribution in [2.24, 2.45) is 0 Å². The lowest BCUT2D eigenvalue weighted by Gasteiger charge is -2.14. The molecule has 0 spiro atoms. The first-order chi connectivity index (χ1) is 6.04. The average Bonchev–Trinajstić information content (AvgIpc) is 2.48. The topological polar surface area (TPSA) is 20.3 Å². The third-order valence-corrected chi connectivity index (χ3v) is 4.00. The average molecular weight is 283 g/mol. The molecular formula is C8H9BrClNOS. The van der Waals surface area contributed by atoms with Crippen LogP contribution in [0.2, 0.25) is 0 Å². The summed E-state index contributed by atoms with van der Waals surface area (Å²) >= 11 is 10.8. The van der Waals surface area contributed by atoms with Gasteiger partial charge in [-0.3, -0.25) is 4.79 Å². The maximum absolute atomic E-state index is 11.5. The van der Waals surface area contributed by atoms with Crippen LogP contribution < -0.4 is 0 Å². The van der Waals surface area contributed by atoms with Crippen molar-refractivity contribution in [2.75, 3.05) is 14.1 Å². The molecule has 5 heteroatoms. The standard InChI is InChI=1S/C8H9BrClNOS/c1-11(2)8(12)6(10)7-5(9)3-4-13-7/h3-4,6H,1-2H3. The Morgan fingerprint density at radius 2 is 2.31 bits per heavy atom. The highest BCUT2D eigenvalue weighted by Gasteiger charge is 2.22. The van der Waals surface area contributed by atoms with Crippen LogP contribution in [-0.2, 0) is 4.79 Å². The zero-order valence-corrected chi connectivity index (χ0v) is 10.4. The Morgan fingerprint density at radius 1 is 1.69 bits per heavy atom. The van der Waals surface area contributed by atoms with Crippen molar-refractivity contribution in [3.05, 3.63) is 20.8 Å². The maximum Gasteiger partial charge on any atom is 0.245 e. The van der Waals surface area contributed by atoms with E-state index in [2.05, 4.69) is 15.9 Å². The molecule has 0 aliphatic heterocycles. The number of hydrogen-bond donors (Lipinski definition) is 0. The molecular weight excluding hydrogens is 274 g/mol. The lowest BCUT2D eigenvalue weighted by Crippen LogP contribution is -2.25. The van der Waals surface area contributed by atoms with Crippen molar-refractivity contribution < 1.29 is 4.79 Å². The Labute approximate surface area is 94.6 Å². The largest absolute Gasteiger partial charge is 0.347 e. The quantitative estimate of drug-likeness (QED) is 0.764. The van der Waals surface area contributed by atoms with Gasteiger partial charge in [0.15, 0.2) is 0 Å². The number of carbonyl (C=O) groups is 1. The Bertz CT molecular complexity index is 313. The van der Waals surface area contributed by atoms with Crippen LogP contribution in [0.15, 0.2) is 15.9 Å². The van der Waals surface area contributed by atoms with E-state index >= 15 is 0 Å². The van der Waals surface area contributed by atoms with E-state index in [4.69, 9.17) is 11.6 Å². The van der Waals surface area contributed by atoms with Crippen LogP contribution in [0.25, 0.3) is 0 Å². The predicted octanol–water partition coefficient (Wildman–Crippen LogP) is 2.88. The summed E-state index contributed by atoms with van der Waals surface area (Å²) in [6, 6.07) is 1.89. The second-order valence-electron chi connectivity index (χ2n) is 2.73. The minimum absolute atomic E-state index is 0.0928. The minimum atomic E-state index is -0.579. The molecule has 0 radical (unpaired) electrons. The predicted molar refractivity (Wildman–Crippen MR) is 59.3 cm³/mol. The number of nitrogens with zero attached hydrogens (tertiary/aromatic N) is 1. The van der Waals surface area contributed by atoms with Gasteiger partial charge in [0, 0.05) is 23.4 Å². The molecule has 1 amide bonds. The number of alkyl halides is 1. The molecule has 13 heavy (non-hydrogen) atoms. The molecule has 2 nitrogen and oxygen atoms in total. The molecule has 1 atom stereocenters. The number of amides is 1. The van der Waals surface area contributed by atoms with E-state index in [9.17, 15) is 4.79 Å². The van der Waals surface area contributed by atoms with Gasteiger partial charge < -0.3 is 4.90 Å². The number of hydrogen-bond acceptors (Lipinski definition) is 2. The number of thiophene rings is 1. The fraction of sp³-hybridized carbons (Fsp3) is 0.375. The van der Waals surface area contributed by atoms with Crippen LogP contribution in [0.5, 0.6) is 0 Å². The number of halogens is 2. The first-order valence-corrected chi connectivity index (χ1v) is 5.73. The number of carbonyl (C=O) groups excluding carboxylic acids is 1. The van der Waals surface area contributed by atoms with E-state index in [0.29, 0.717) is 0 Å². The van der Waals surface area contributed by atoms with Crippen LogP contribution >= 0.6 is 38.9 Å². The van der Waals surface area contributed by atoms with Crippen LogP contribution in [0.1, 0.15) is 10.3 Å². The summed E-state index contributed by atoms with van der Waals surface area (Å²) in [6.07, 6.45) is 0. The molecule has 1 rings (SSSR count). The molecule has 0 bridgehead atoms. The van der Waals surface area contributed by atoms with E-state index in [1.807, 2.05) is 11.4 Å². The second-order valence-corrected chi connectivity index (χ2v) is 4.97. The molecule has 1 unspecified atom stereocenters. The first kappa shape index (κ1) is 11.0. The van der Waals surface area contributed by atoms with Crippen molar-refractivity contribution in [2.45, 2.75) is 5.38 Å². The molecule has 0 saturated carbocycles. The van der Waals surface area contributed by atoms with Gasteiger partial charge in [-0.25, -0.2) is 0 Å². The van der Waals surface area contributed by atoms with Crippen LogP contribution in [0.3, 0.4) is 0 Å². The fourth-order valence-electron chi connectivity index (χ4n) is 0.825. The molecule has 0 N–H and O–H groups in total. The molecule has 0 aliphatic carbocycles. The summed E-state index contributed by atoms with van der Waals surface area (Å²) in [5, 5.41) is 1.32. The minimum Gasteiger partial charge on any atom is -0.347 e. The monoisotopic (exact) mass is 281 g/mol. The first-order valence-electron chi connectivity index (χ1n) is 3.62. The molecule has 1 aromatic rings. The van der Waals surface area contributed by atoms with Gasteiger partial charge in [-0.2, -0.15) is 0 Å². The van der Waals surface area contributed by atoms with Gasteiger partial charge in [0.25, 0.3) is 0 Å². The Morgan fingerprint density at radius 3 is 2.69 bits per heavy atom. The molecule has 0 fully saturated rings. The summed E-state index contributed by atoms with van der Waals surface area (Å²) in [5.41, 5.74) is 0. The highest BCUT2D eigenvalue weighted by molar-refractivity contribution is 9.10. The normalized spacial score (nSPS) is 12.6. The highest BCUT2D eigenvalue weighted by atomic mass is 79.9. The zero-order valence-electron chi connectivity index (χ0n) is 7.25. The van der Waals surface area contributed by atoms with Crippen molar-refractivity contribution in [3.8, 4) is 0 Å². The van der Waals surface area contributed by atoms with Gasteiger partial charge in [-0.1, -0.05) is 0 Å². The fourth-order valence-corrected chi connectivity index (χ4v) is 2.99. The molecule has 1 aromatic heterocycles. The van der Waals surface area contributed by atoms with Crippen molar-refractivity contribution in [1.82, 2.24) is 4.90 Å². The summed E-state index contributed by atoms with van der Waals surface area (Å²) in [7, 11) is 3.39. The summed E-state index contributed by atoms with van der Waals surface area (Å²) in [5.74, 6) is -0.0928. The van der Waals surface area contributed by atoms with Crippen LogP contribution in [0, 0.1) is 0 Å². The SMILES string of the molecule is CN(C)C(=O)C(Cl)c1sccc1Br. The van der Waals surface area contributed by atoms with Crippen molar-refractivity contribution >= 4 is 44.8 Å². The van der Waals surface area contributed by atoms with E-state index < -0.39 is 5.38 Å². The Hall–Kier alpha value is -0.0600. The molecule has 0 aromatic carbocycles. The van der Waals surface area contributed by atoms with Gasteiger partial charge in [0.05, 0.1) is 0 Å². The molecule has 0 saturated heterocycles. The van der Waals surface area contributed by atoms with E-state index in [1.165, 1.54) is 16.2 Å². The lowest BCUT2D eigenvalue weighted by atomic mass is 10.3. The number of rotatable bonds is 2. The summed E-state index contributed by atoms with van der Waals surface area (Å²) in [4.78, 5) is 13.8. The van der Waals surface area contributed by atoms with Crippen molar-refractivity contribution in [3.63, 3.8) is 0 Å². The summed E-state index contributed by atoms with van der Waals surface area (Å²) in [6.45, 7) is 0. The Balaban J connectivity index is 2.85. The van der Waals surface area contributed by atoms with Gasteiger partial charge in [-0.15, -0.1) is 22.9 Å². The van der Waals surface area contributed by atoms with E-state index in [-0.39, 0.29) is 5.91 Å². The van der Waals surface area contributed by atoms with Gasteiger partial charge >= 0.3 is 0 Å². The maximum atomic E-state index is 11.5. The van der Waals surface area contributed by atoms with E-state index in [0.717, 1.165) is 9.35 Å². The zero-order chi connectivity index (χ0) is 10.0. The Kier molecular flexibility index (Phi) is 3.76. The molecule has 72 valence electrons. The summed E-state index contributed by atoms with van der Waals surface area (Å²) < 4.78 is 0.896. The molecule has 0 aliphatic rings.